The number of amides is 2. The minimum Gasteiger partial charge on any atom is -0.382 e. The van der Waals surface area contributed by atoms with Crippen LogP contribution in [0.3, 0.4) is 0 Å². The zero-order chi connectivity index (χ0) is 70.3. The molecule has 0 aromatic heterocycles. The van der Waals surface area contributed by atoms with Crippen LogP contribution in [0.2, 0.25) is 0 Å². The molecule has 2 unspecified atom stereocenters. The van der Waals surface area contributed by atoms with E-state index in [1.807, 2.05) is 11.8 Å². The first kappa shape index (κ1) is 77.0. The van der Waals surface area contributed by atoms with Crippen LogP contribution in [-0.2, 0) is 119 Å². The van der Waals surface area contributed by atoms with E-state index in [0.29, 0.717) is 59.2 Å². The highest BCUT2D eigenvalue weighted by molar-refractivity contribution is 7.87. The first-order valence-electron chi connectivity index (χ1n) is 30.0. The third-order valence-electron chi connectivity index (χ3n) is 16.0. The lowest BCUT2D eigenvalue weighted by Gasteiger charge is -2.31. The molecule has 4 aromatic rings. The molecule has 3 aliphatic heterocycles. The second-order valence-electron chi connectivity index (χ2n) is 22.5. The van der Waals surface area contributed by atoms with Crippen LogP contribution in [-0.4, -0.2) is 224 Å². The highest BCUT2D eigenvalue weighted by Gasteiger charge is 2.50. The summed E-state index contributed by atoms with van der Waals surface area (Å²) < 4.78 is 225. The molecule has 7 rings (SSSR count). The molecule has 0 radical (unpaired) electrons. The van der Waals surface area contributed by atoms with Gasteiger partial charge in [0.25, 0.3) is 62.4 Å². The Morgan fingerprint density at radius 1 is 0.542 bits per heavy atom. The molecule has 0 saturated carbocycles. The number of anilines is 1. The molecule has 4 aromatic carbocycles. The SMILES string of the molecule is COCCOCCOCCOCCC1(C)\C(=C/C=C/C=C/C=C/C2=[N+](CCOC)c3cc(S(=O)(=O)O)c4ccc(S(=O)(=O)O)cc4c3C2(C)CCCS(=O)(=O)O)N(CCOCCOCCOCCC(=O)ON2C(=O)CCC2=O)c2ccc3c(S(=O)(=O)O)cc(S(=O)(=O)O)cc3c21. The lowest BCUT2D eigenvalue weighted by molar-refractivity contribution is -0.441. The number of hydrogen-bond donors (Lipinski definition) is 5. The van der Waals surface area contributed by atoms with Crippen LogP contribution in [0, 0.1) is 0 Å². The highest BCUT2D eigenvalue weighted by atomic mass is 32.2. The van der Waals surface area contributed by atoms with Crippen molar-refractivity contribution < 1.29 is 127 Å². The summed E-state index contributed by atoms with van der Waals surface area (Å²) in [6, 6.07) is 9.15. The van der Waals surface area contributed by atoms with E-state index in [2.05, 4.69) is 0 Å². The van der Waals surface area contributed by atoms with Gasteiger partial charge in [-0.15, -0.1) is 5.06 Å². The quantitative estimate of drug-likeness (QED) is 0.0127. The van der Waals surface area contributed by atoms with Gasteiger partial charge in [0, 0.05) is 85.5 Å². The number of benzene rings is 4. The summed E-state index contributed by atoms with van der Waals surface area (Å²) in [5.41, 5.74) is -0.149. The van der Waals surface area contributed by atoms with Crippen LogP contribution >= 0.6 is 0 Å². The number of hydrogen-bond acceptors (Lipinski definition) is 23. The Morgan fingerprint density at radius 3 is 1.62 bits per heavy atom. The molecule has 96 heavy (non-hydrogen) atoms. The van der Waals surface area contributed by atoms with Crippen LogP contribution in [0.25, 0.3) is 21.5 Å². The Balaban J connectivity index is 1.21. The van der Waals surface area contributed by atoms with Gasteiger partial charge in [-0.05, 0) is 85.9 Å². The number of carbonyl (C=O) groups excluding carboxylic acids is 3. The first-order chi connectivity index (χ1) is 45.3. The number of nitrogens with zero attached hydrogens (tertiary/aromatic N) is 3. The standard InChI is InChI=1S/C61H77N3O27S5/c1-60(20-10-38-92(68,69)70)53(63(22-26-83-3)50-42-52(96(80,81)82)45-14-13-43(93(71,72)73)39-47(45)59(50)60)11-8-6-5-7-9-12-54-61(2,21-25-86-31-34-90-37-36-88-29-28-84-4)58-48-40-44(94(74,75)76)41-51(95(77,78)79)46(48)15-16-49(58)62(54)23-27-87-32-35-89-33-30-85-24-19-57(67)91-64-55(65)17-18-56(64)66/h5-9,11-16,39-42H,10,17-38H2,1-4H3,(H4-,68,69,70,71,72,73,74,75,76,77,78,79,80,81,82)/p+1. The number of ether oxygens (including phenoxy) is 8. The molecule has 0 bridgehead atoms. The van der Waals surface area contributed by atoms with E-state index >= 15 is 0 Å². The zero-order valence-corrected chi connectivity index (χ0v) is 57.1. The van der Waals surface area contributed by atoms with Crippen LogP contribution in [0.1, 0.15) is 63.5 Å². The molecule has 0 aliphatic carbocycles. The van der Waals surface area contributed by atoms with Gasteiger partial charge in [0.2, 0.25) is 5.69 Å². The van der Waals surface area contributed by atoms with Crippen molar-refractivity contribution in [3.63, 3.8) is 0 Å². The van der Waals surface area contributed by atoms with Crippen molar-refractivity contribution in [3.05, 3.63) is 108 Å². The number of rotatable bonds is 40. The predicted molar refractivity (Wildman–Crippen MR) is 345 cm³/mol. The Bertz CT molecular complexity index is 4270. The van der Waals surface area contributed by atoms with Gasteiger partial charge in [-0.1, -0.05) is 42.5 Å². The Labute approximate surface area is 556 Å². The molecular weight excluding hydrogens is 1370 g/mol. The van der Waals surface area contributed by atoms with Crippen LogP contribution in [0.4, 0.5) is 11.4 Å². The monoisotopic (exact) mass is 1440 g/mol. The molecule has 3 aliphatic rings. The van der Waals surface area contributed by atoms with Crippen LogP contribution < -0.4 is 4.90 Å². The summed E-state index contributed by atoms with van der Waals surface area (Å²) in [5.74, 6) is -2.72. The van der Waals surface area contributed by atoms with Gasteiger partial charge in [-0.2, -0.15) is 46.7 Å². The molecule has 35 heteroatoms. The predicted octanol–water partition coefficient (Wildman–Crippen LogP) is 5.11. The maximum atomic E-state index is 13.0. The van der Waals surface area contributed by atoms with Gasteiger partial charge in [0.05, 0.1) is 107 Å². The summed E-state index contributed by atoms with van der Waals surface area (Å²) >= 11 is 0. The molecule has 30 nitrogen and oxygen atoms in total. The molecule has 1 fully saturated rings. The number of hydroxylamine groups is 2. The summed E-state index contributed by atoms with van der Waals surface area (Å²) in [7, 11) is -21.6. The lowest BCUT2D eigenvalue weighted by Crippen LogP contribution is -2.32. The molecule has 2 amide bonds. The molecule has 5 N–H and O–H groups in total. The molecular formula is C61H78N3O27S5+. The highest BCUT2D eigenvalue weighted by Crippen LogP contribution is 2.54. The number of carbonyl (C=O) groups is 3. The normalized spacial score (nSPS) is 18.5. The van der Waals surface area contributed by atoms with Crippen molar-refractivity contribution in [3.8, 4) is 0 Å². The average molecular weight is 1450 g/mol. The number of methoxy groups -OCH3 is 2. The zero-order valence-electron chi connectivity index (χ0n) is 53.0. The van der Waals surface area contributed by atoms with Gasteiger partial charge in [0.1, 0.15) is 16.4 Å². The Kier molecular flexibility index (Phi) is 26.9. The van der Waals surface area contributed by atoms with Crippen molar-refractivity contribution in [1.29, 1.82) is 0 Å². The molecule has 3 heterocycles. The third kappa shape index (κ3) is 19.7. The fourth-order valence-corrected chi connectivity index (χ4v) is 14.7. The lowest BCUT2D eigenvalue weighted by atomic mass is 9.74. The first-order valence-corrected chi connectivity index (χ1v) is 37.4. The fourth-order valence-electron chi connectivity index (χ4n) is 11.6. The van der Waals surface area contributed by atoms with Crippen LogP contribution in [0.15, 0.2) is 116 Å². The second kappa shape index (κ2) is 33.5. The van der Waals surface area contributed by atoms with Crippen molar-refractivity contribution >= 4 is 107 Å². The summed E-state index contributed by atoms with van der Waals surface area (Å²) in [6.07, 6.45) is 11.3. The fraction of sp³-hybridized carbons (Fsp3) is 0.475. The van der Waals surface area contributed by atoms with E-state index in [9.17, 15) is 79.2 Å². The summed E-state index contributed by atoms with van der Waals surface area (Å²) in [5, 5.41) is 0.322. The largest absolute Gasteiger partial charge is 0.382 e. The third-order valence-corrected chi connectivity index (χ3v) is 20.2. The van der Waals surface area contributed by atoms with Gasteiger partial charge in [-0.3, -0.25) is 32.4 Å². The van der Waals surface area contributed by atoms with Crippen molar-refractivity contribution in [1.82, 2.24) is 5.06 Å². The van der Waals surface area contributed by atoms with E-state index in [0.717, 1.165) is 24.3 Å². The maximum Gasteiger partial charge on any atom is 0.335 e. The van der Waals surface area contributed by atoms with E-state index < -0.39 is 105 Å². The van der Waals surface area contributed by atoms with E-state index in [4.69, 9.17) is 42.7 Å². The maximum absolute atomic E-state index is 13.0. The minimum absolute atomic E-state index is 0.00594. The summed E-state index contributed by atoms with van der Waals surface area (Å²) in [6.45, 7) is 5.81. The van der Waals surface area contributed by atoms with E-state index in [1.54, 1.807) is 67.2 Å². The van der Waals surface area contributed by atoms with Gasteiger partial charge < -0.3 is 47.6 Å². The van der Waals surface area contributed by atoms with E-state index in [1.165, 1.54) is 19.2 Å². The minimum atomic E-state index is -5.13. The average Bonchev–Trinajstić information content (AvgIpc) is 1.53. The van der Waals surface area contributed by atoms with Gasteiger partial charge in [-0.25, -0.2) is 4.79 Å². The Morgan fingerprint density at radius 2 is 1.05 bits per heavy atom. The Hall–Kier alpha value is -6.33. The molecule has 528 valence electrons. The van der Waals surface area contributed by atoms with Crippen LogP contribution in [0.5, 0.6) is 0 Å². The molecule has 1 saturated heterocycles. The molecule has 2 atom stereocenters. The van der Waals surface area contributed by atoms with Gasteiger partial charge >= 0.3 is 5.97 Å². The number of fused-ring (bicyclic) bond motifs is 6. The van der Waals surface area contributed by atoms with E-state index in [-0.39, 0.29) is 152 Å². The van der Waals surface area contributed by atoms with Crippen molar-refractivity contribution in [2.75, 3.05) is 130 Å². The van der Waals surface area contributed by atoms with Gasteiger partial charge in [0.15, 0.2) is 12.3 Å². The molecule has 0 spiro atoms. The number of allylic oxidation sites excluding steroid dienone is 8. The smallest absolute Gasteiger partial charge is 0.335 e. The topological polar surface area (TPSA) is 416 Å². The van der Waals surface area contributed by atoms with Crippen molar-refractivity contribution in [2.24, 2.45) is 0 Å². The number of imide groups is 1. The second-order valence-corrected chi connectivity index (χ2v) is 29.7. The summed E-state index contributed by atoms with van der Waals surface area (Å²) in [4.78, 5) is 39.5. The van der Waals surface area contributed by atoms with Crippen molar-refractivity contribution in [2.45, 2.75) is 82.8 Å².